The SMILES string of the molecule is CCC(CC)(c1ccc(OCC(=O)C(C)(C)C)c(C)c1)c1cc(C)c(CS(C)(=O)=O)s1. The van der Waals surface area contributed by atoms with Crippen LogP contribution in [0.2, 0.25) is 0 Å². The minimum Gasteiger partial charge on any atom is -0.486 e. The molecule has 1 aromatic carbocycles. The maximum atomic E-state index is 12.2. The summed E-state index contributed by atoms with van der Waals surface area (Å²) in [6.07, 6.45) is 3.10. The number of carbonyl (C=O) groups is 1. The molecule has 0 aliphatic carbocycles. The fourth-order valence-electron chi connectivity index (χ4n) is 3.75. The third-order valence-corrected chi connectivity index (χ3v) is 8.45. The minimum atomic E-state index is -3.08. The van der Waals surface area contributed by atoms with Crippen molar-refractivity contribution in [3.8, 4) is 5.75 Å². The van der Waals surface area contributed by atoms with Crippen LogP contribution in [0.25, 0.3) is 0 Å². The van der Waals surface area contributed by atoms with Gasteiger partial charge in [0.1, 0.15) is 12.4 Å². The van der Waals surface area contributed by atoms with Gasteiger partial charge >= 0.3 is 0 Å². The zero-order chi connectivity index (χ0) is 23.6. The number of carbonyl (C=O) groups excluding carboxylic acids is 1. The molecule has 172 valence electrons. The fourth-order valence-corrected chi connectivity index (χ4v) is 6.66. The zero-order valence-electron chi connectivity index (χ0n) is 20.1. The Labute approximate surface area is 192 Å². The summed E-state index contributed by atoms with van der Waals surface area (Å²) < 4.78 is 29.5. The molecule has 0 aliphatic rings. The molecule has 0 saturated carbocycles. The Balaban J connectivity index is 2.40. The molecule has 4 nitrogen and oxygen atoms in total. The smallest absolute Gasteiger partial charge is 0.175 e. The number of Topliss-reactive ketones (excluding diaryl/α,β-unsaturated/α-hetero) is 1. The van der Waals surface area contributed by atoms with Crippen molar-refractivity contribution in [3.63, 3.8) is 0 Å². The van der Waals surface area contributed by atoms with Crippen LogP contribution in [0.3, 0.4) is 0 Å². The monoisotopic (exact) mass is 464 g/mol. The van der Waals surface area contributed by atoms with Crippen LogP contribution >= 0.6 is 11.3 Å². The van der Waals surface area contributed by atoms with E-state index >= 15 is 0 Å². The van der Waals surface area contributed by atoms with Crippen LogP contribution in [0.1, 0.15) is 73.9 Å². The van der Waals surface area contributed by atoms with Crippen LogP contribution in [0.5, 0.6) is 5.75 Å². The van der Waals surface area contributed by atoms with E-state index in [0.717, 1.165) is 34.6 Å². The molecular weight excluding hydrogens is 428 g/mol. The highest BCUT2D eigenvalue weighted by Crippen LogP contribution is 2.44. The molecule has 31 heavy (non-hydrogen) atoms. The summed E-state index contributed by atoms with van der Waals surface area (Å²) in [5.41, 5.74) is 2.62. The molecule has 0 fully saturated rings. The average molecular weight is 465 g/mol. The molecule has 0 amide bonds. The van der Waals surface area contributed by atoms with Gasteiger partial charge in [-0.3, -0.25) is 4.79 Å². The van der Waals surface area contributed by atoms with Gasteiger partial charge in [-0.05, 0) is 55.5 Å². The third-order valence-electron chi connectivity index (χ3n) is 6.02. The van der Waals surface area contributed by atoms with E-state index in [0.29, 0.717) is 0 Å². The van der Waals surface area contributed by atoms with E-state index in [1.807, 2.05) is 40.7 Å². The first kappa shape index (κ1) is 25.6. The molecule has 0 aliphatic heterocycles. The summed E-state index contributed by atoms with van der Waals surface area (Å²) in [6.45, 7) is 14.1. The summed E-state index contributed by atoms with van der Waals surface area (Å²) in [4.78, 5) is 14.3. The van der Waals surface area contributed by atoms with Crippen LogP contribution < -0.4 is 4.74 Å². The molecule has 0 spiro atoms. The molecular formula is C25H36O4S2. The number of ketones is 1. The fraction of sp³-hybridized carbons (Fsp3) is 0.560. The number of ether oxygens (including phenoxy) is 1. The predicted molar refractivity (Wildman–Crippen MR) is 130 cm³/mol. The van der Waals surface area contributed by atoms with Crippen LogP contribution in [-0.2, 0) is 25.8 Å². The van der Waals surface area contributed by atoms with E-state index in [1.165, 1.54) is 16.7 Å². The molecule has 6 heteroatoms. The first-order chi connectivity index (χ1) is 14.2. The Hall–Kier alpha value is -1.66. The second-order valence-electron chi connectivity index (χ2n) is 9.52. The van der Waals surface area contributed by atoms with Gasteiger partial charge in [-0.2, -0.15) is 0 Å². The second-order valence-corrected chi connectivity index (χ2v) is 12.8. The van der Waals surface area contributed by atoms with Crippen molar-refractivity contribution in [2.75, 3.05) is 12.9 Å². The van der Waals surface area contributed by atoms with Crippen molar-refractivity contribution in [2.24, 2.45) is 5.41 Å². The van der Waals surface area contributed by atoms with Gasteiger partial charge in [-0.1, -0.05) is 46.8 Å². The zero-order valence-corrected chi connectivity index (χ0v) is 21.7. The summed E-state index contributed by atoms with van der Waals surface area (Å²) in [5.74, 6) is 0.878. The quantitative estimate of drug-likeness (QED) is 0.456. The standard InChI is InChI=1S/C25H36O4S2/c1-9-25(10-2,23-14-18(4)21(30-23)16-31(8,27)28)19-11-12-20(17(3)13-19)29-15-22(26)24(5,6)7/h11-14H,9-10,15-16H2,1-8H3. The summed E-state index contributed by atoms with van der Waals surface area (Å²) in [5, 5.41) is 0. The molecule has 1 aromatic heterocycles. The lowest BCUT2D eigenvalue weighted by Crippen LogP contribution is -2.27. The molecule has 1 heterocycles. The highest BCUT2D eigenvalue weighted by molar-refractivity contribution is 7.90. The lowest BCUT2D eigenvalue weighted by Gasteiger charge is -2.32. The first-order valence-corrected chi connectivity index (χ1v) is 13.7. The number of benzene rings is 1. The summed E-state index contributed by atoms with van der Waals surface area (Å²) in [6, 6.07) is 8.34. The number of hydrogen-bond acceptors (Lipinski definition) is 5. The number of thiophene rings is 1. The lowest BCUT2D eigenvalue weighted by atomic mass is 9.74. The Morgan fingerprint density at radius 2 is 1.65 bits per heavy atom. The van der Waals surface area contributed by atoms with Crippen molar-refractivity contribution in [1.82, 2.24) is 0 Å². The molecule has 0 unspecified atom stereocenters. The number of aryl methyl sites for hydroxylation is 2. The van der Waals surface area contributed by atoms with Gasteiger partial charge in [-0.25, -0.2) is 8.42 Å². The largest absolute Gasteiger partial charge is 0.486 e. The van der Waals surface area contributed by atoms with Gasteiger partial charge in [0.05, 0.1) is 5.75 Å². The molecule has 0 bridgehead atoms. The second kappa shape index (κ2) is 9.45. The van der Waals surface area contributed by atoms with Crippen molar-refractivity contribution >= 4 is 27.0 Å². The summed E-state index contributed by atoms with van der Waals surface area (Å²) in [7, 11) is -3.08. The highest BCUT2D eigenvalue weighted by atomic mass is 32.2. The minimum absolute atomic E-state index is 0.0648. The van der Waals surface area contributed by atoms with Crippen molar-refractivity contribution in [1.29, 1.82) is 0 Å². The average Bonchev–Trinajstić information content (AvgIpc) is 3.00. The van der Waals surface area contributed by atoms with E-state index < -0.39 is 15.3 Å². The predicted octanol–water partition coefficient (Wildman–Crippen LogP) is 6.01. The Morgan fingerprint density at radius 3 is 2.13 bits per heavy atom. The van der Waals surface area contributed by atoms with Gasteiger partial charge in [0.25, 0.3) is 0 Å². The molecule has 2 rings (SSSR count). The van der Waals surface area contributed by atoms with E-state index in [4.69, 9.17) is 4.74 Å². The van der Waals surface area contributed by atoms with Crippen LogP contribution in [0.4, 0.5) is 0 Å². The van der Waals surface area contributed by atoms with E-state index in [9.17, 15) is 13.2 Å². The van der Waals surface area contributed by atoms with Crippen molar-refractivity contribution < 1.29 is 17.9 Å². The summed E-state index contributed by atoms with van der Waals surface area (Å²) >= 11 is 1.61. The van der Waals surface area contributed by atoms with Gasteiger partial charge in [0.15, 0.2) is 15.6 Å². The number of sulfone groups is 1. The number of rotatable bonds is 9. The number of hydrogen-bond donors (Lipinski definition) is 0. The first-order valence-electron chi connectivity index (χ1n) is 10.8. The molecule has 0 radical (unpaired) electrons. The van der Waals surface area contributed by atoms with E-state index in [2.05, 4.69) is 32.0 Å². The van der Waals surface area contributed by atoms with Gasteiger partial charge < -0.3 is 4.74 Å². The van der Waals surface area contributed by atoms with Gasteiger partial charge in [0.2, 0.25) is 0 Å². The molecule has 0 saturated heterocycles. The van der Waals surface area contributed by atoms with Crippen LogP contribution in [0, 0.1) is 19.3 Å². The lowest BCUT2D eigenvalue weighted by molar-refractivity contribution is -0.128. The van der Waals surface area contributed by atoms with Gasteiger partial charge in [0, 0.05) is 26.8 Å². The highest BCUT2D eigenvalue weighted by Gasteiger charge is 2.33. The normalized spacial score (nSPS) is 12.8. The van der Waals surface area contributed by atoms with E-state index in [1.54, 1.807) is 11.3 Å². The maximum absolute atomic E-state index is 12.2. The topological polar surface area (TPSA) is 60.4 Å². The molecule has 0 atom stereocenters. The molecule has 2 aromatic rings. The van der Waals surface area contributed by atoms with Crippen LogP contribution in [-0.4, -0.2) is 27.1 Å². The van der Waals surface area contributed by atoms with E-state index in [-0.39, 0.29) is 23.6 Å². The maximum Gasteiger partial charge on any atom is 0.175 e. The Morgan fingerprint density at radius 1 is 1.03 bits per heavy atom. The Bertz CT molecular complexity index is 1040. The Kier molecular flexibility index (Phi) is 7.81. The van der Waals surface area contributed by atoms with Crippen LogP contribution in [0.15, 0.2) is 24.3 Å². The third kappa shape index (κ3) is 5.98. The van der Waals surface area contributed by atoms with Gasteiger partial charge in [-0.15, -0.1) is 11.3 Å². The van der Waals surface area contributed by atoms with Crippen molar-refractivity contribution in [2.45, 2.75) is 72.5 Å². The molecule has 0 N–H and O–H groups in total. The van der Waals surface area contributed by atoms with Crippen molar-refractivity contribution in [3.05, 3.63) is 50.7 Å².